The van der Waals surface area contributed by atoms with E-state index in [2.05, 4.69) is 29.2 Å². The van der Waals surface area contributed by atoms with Gasteiger partial charge in [0.1, 0.15) is 0 Å². The molecular weight excluding hydrogens is 238 g/mol. The molecule has 0 aliphatic carbocycles. The number of hydrogen-bond donors (Lipinski definition) is 1. The molecule has 1 aromatic rings. The van der Waals surface area contributed by atoms with Crippen LogP contribution in [-0.4, -0.2) is 28.6 Å². The molecule has 1 aliphatic rings. The van der Waals surface area contributed by atoms with Gasteiger partial charge in [0.25, 0.3) is 0 Å². The Morgan fingerprint density at radius 2 is 2.00 bits per heavy atom. The summed E-state index contributed by atoms with van der Waals surface area (Å²) in [6, 6.07) is 10.9. The van der Waals surface area contributed by atoms with Crippen LogP contribution in [0, 0.1) is 0 Å². The number of nitrogens with zero attached hydrogens (tertiary/aromatic N) is 1. The third-order valence-electron chi connectivity index (χ3n) is 3.92. The number of carboxylic acid groups (broad SMARTS) is 1. The minimum atomic E-state index is -0.677. The highest BCUT2D eigenvalue weighted by Gasteiger charge is 2.21. The summed E-state index contributed by atoms with van der Waals surface area (Å²) in [7, 11) is 0. The van der Waals surface area contributed by atoms with E-state index in [9.17, 15) is 4.79 Å². The third kappa shape index (κ3) is 4.67. The van der Waals surface area contributed by atoms with Crippen LogP contribution < -0.4 is 0 Å². The molecule has 3 heteroatoms. The van der Waals surface area contributed by atoms with Crippen molar-refractivity contribution >= 4 is 5.97 Å². The van der Waals surface area contributed by atoms with E-state index in [-0.39, 0.29) is 6.42 Å². The Hall–Kier alpha value is -1.35. The van der Waals surface area contributed by atoms with Crippen LogP contribution in [0.1, 0.15) is 44.1 Å². The van der Waals surface area contributed by atoms with Crippen LogP contribution in [0.3, 0.4) is 0 Å². The highest BCUT2D eigenvalue weighted by Crippen LogP contribution is 2.22. The van der Waals surface area contributed by atoms with Gasteiger partial charge in [-0.3, -0.25) is 9.69 Å². The lowest BCUT2D eigenvalue weighted by Crippen LogP contribution is -2.34. The molecule has 1 N–H and O–H groups in total. The lowest BCUT2D eigenvalue weighted by molar-refractivity contribution is -0.137. The second-order valence-corrected chi connectivity index (χ2v) is 5.39. The fraction of sp³-hybridized carbons (Fsp3) is 0.562. The van der Waals surface area contributed by atoms with E-state index in [1.807, 2.05) is 6.07 Å². The molecular formula is C16H23NO2. The maximum absolute atomic E-state index is 10.8. The Kier molecular flexibility index (Phi) is 5.40. The Bertz CT molecular complexity index is 391. The van der Waals surface area contributed by atoms with Gasteiger partial charge in [0, 0.05) is 19.0 Å². The summed E-state index contributed by atoms with van der Waals surface area (Å²) in [6.07, 6.45) is 5.94. The third-order valence-corrected chi connectivity index (χ3v) is 3.92. The molecule has 0 radical (unpaired) electrons. The molecule has 1 aromatic carbocycles. The number of aliphatic carboxylic acids is 1. The van der Waals surface area contributed by atoms with Gasteiger partial charge in [0.15, 0.2) is 0 Å². The highest BCUT2D eigenvalue weighted by atomic mass is 16.4. The normalized spacial score (nSPS) is 20.9. The van der Waals surface area contributed by atoms with Crippen LogP contribution >= 0.6 is 0 Å². The van der Waals surface area contributed by atoms with E-state index in [0.717, 1.165) is 25.9 Å². The summed E-state index contributed by atoms with van der Waals surface area (Å²) in [5.41, 5.74) is 1.32. The van der Waals surface area contributed by atoms with Crippen LogP contribution in [0.15, 0.2) is 30.3 Å². The van der Waals surface area contributed by atoms with Crippen molar-refractivity contribution in [2.45, 2.75) is 51.1 Å². The lowest BCUT2D eigenvalue weighted by atomic mass is 10.0. The fourth-order valence-corrected chi connectivity index (χ4v) is 2.88. The number of rotatable bonds is 5. The molecule has 0 bridgehead atoms. The van der Waals surface area contributed by atoms with Crippen molar-refractivity contribution in [3.8, 4) is 0 Å². The Balaban J connectivity index is 1.98. The minimum absolute atomic E-state index is 0.288. The topological polar surface area (TPSA) is 40.5 Å². The second-order valence-electron chi connectivity index (χ2n) is 5.39. The molecule has 1 atom stereocenters. The summed E-state index contributed by atoms with van der Waals surface area (Å²) in [4.78, 5) is 13.3. The molecule has 1 heterocycles. The van der Waals surface area contributed by atoms with E-state index >= 15 is 0 Å². The van der Waals surface area contributed by atoms with E-state index < -0.39 is 5.97 Å². The maximum atomic E-state index is 10.8. The number of hydrogen-bond acceptors (Lipinski definition) is 2. The number of benzene rings is 1. The summed E-state index contributed by atoms with van der Waals surface area (Å²) in [6.45, 7) is 2.05. The summed E-state index contributed by atoms with van der Waals surface area (Å²) < 4.78 is 0. The first-order valence-electron chi connectivity index (χ1n) is 7.25. The molecule has 0 spiro atoms. The average Bonchev–Trinajstić information content (AvgIpc) is 2.63. The van der Waals surface area contributed by atoms with Crippen molar-refractivity contribution in [3.63, 3.8) is 0 Å². The first-order valence-corrected chi connectivity index (χ1v) is 7.25. The molecule has 3 nitrogen and oxygen atoms in total. The standard InChI is InChI=1S/C16H23NO2/c18-16(19)11-10-15-9-5-2-6-12-17(15)13-14-7-3-1-4-8-14/h1,3-4,7-8,15H,2,5-6,9-13H2,(H,18,19). The van der Waals surface area contributed by atoms with Crippen LogP contribution in [0.4, 0.5) is 0 Å². The van der Waals surface area contributed by atoms with Gasteiger partial charge in [-0.15, -0.1) is 0 Å². The van der Waals surface area contributed by atoms with Gasteiger partial charge in [-0.1, -0.05) is 43.2 Å². The fourth-order valence-electron chi connectivity index (χ4n) is 2.88. The minimum Gasteiger partial charge on any atom is -0.481 e. The predicted molar refractivity (Wildman–Crippen MR) is 76.0 cm³/mol. The lowest BCUT2D eigenvalue weighted by Gasteiger charge is -2.29. The zero-order valence-electron chi connectivity index (χ0n) is 11.4. The van der Waals surface area contributed by atoms with Crippen molar-refractivity contribution in [1.82, 2.24) is 4.90 Å². The molecule has 2 rings (SSSR count). The smallest absolute Gasteiger partial charge is 0.303 e. The number of likely N-dealkylation sites (tertiary alicyclic amines) is 1. The predicted octanol–water partition coefficient (Wildman–Crippen LogP) is 3.30. The molecule has 0 amide bonds. The first kappa shape index (κ1) is 14.1. The average molecular weight is 261 g/mol. The van der Waals surface area contributed by atoms with E-state index in [1.165, 1.54) is 24.8 Å². The van der Waals surface area contributed by atoms with Gasteiger partial charge in [0.2, 0.25) is 0 Å². The maximum Gasteiger partial charge on any atom is 0.303 e. The van der Waals surface area contributed by atoms with Crippen LogP contribution in [0.25, 0.3) is 0 Å². The Morgan fingerprint density at radius 3 is 2.74 bits per heavy atom. The second kappa shape index (κ2) is 7.29. The van der Waals surface area contributed by atoms with Gasteiger partial charge in [0.05, 0.1) is 0 Å². The number of carbonyl (C=O) groups is 1. The molecule has 1 fully saturated rings. The highest BCUT2D eigenvalue weighted by molar-refractivity contribution is 5.66. The number of carboxylic acids is 1. The summed E-state index contributed by atoms with van der Waals surface area (Å²) in [5.74, 6) is -0.677. The van der Waals surface area contributed by atoms with E-state index in [4.69, 9.17) is 5.11 Å². The van der Waals surface area contributed by atoms with Crippen molar-refractivity contribution in [2.24, 2.45) is 0 Å². The molecule has 0 aromatic heterocycles. The van der Waals surface area contributed by atoms with Gasteiger partial charge < -0.3 is 5.11 Å². The van der Waals surface area contributed by atoms with E-state index in [1.54, 1.807) is 0 Å². The summed E-state index contributed by atoms with van der Waals surface area (Å²) in [5, 5.41) is 8.87. The van der Waals surface area contributed by atoms with Gasteiger partial charge in [-0.25, -0.2) is 0 Å². The van der Waals surface area contributed by atoms with Gasteiger partial charge in [-0.05, 0) is 31.4 Å². The van der Waals surface area contributed by atoms with E-state index in [0.29, 0.717) is 6.04 Å². The van der Waals surface area contributed by atoms with Crippen LogP contribution in [0.5, 0.6) is 0 Å². The van der Waals surface area contributed by atoms with Crippen LogP contribution in [0.2, 0.25) is 0 Å². The SMILES string of the molecule is O=C(O)CCC1CCCCCN1Cc1ccccc1. The first-order chi connectivity index (χ1) is 9.25. The van der Waals surface area contributed by atoms with Crippen molar-refractivity contribution in [2.75, 3.05) is 6.54 Å². The summed E-state index contributed by atoms with van der Waals surface area (Å²) >= 11 is 0. The molecule has 1 unspecified atom stereocenters. The zero-order valence-corrected chi connectivity index (χ0v) is 11.4. The molecule has 1 saturated heterocycles. The molecule has 104 valence electrons. The largest absolute Gasteiger partial charge is 0.481 e. The Morgan fingerprint density at radius 1 is 1.21 bits per heavy atom. The van der Waals surface area contributed by atoms with Gasteiger partial charge >= 0.3 is 5.97 Å². The molecule has 1 aliphatic heterocycles. The quantitative estimate of drug-likeness (QED) is 0.884. The zero-order chi connectivity index (χ0) is 13.5. The van der Waals surface area contributed by atoms with Crippen molar-refractivity contribution in [3.05, 3.63) is 35.9 Å². The van der Waals surface area contributed by atoms with Crippen LogP contribution in [-0.2, 0) is 11.3 Å². The Labute approximate surface area is 115 Å². The monoisotopic (exact) mass is 261 g/mol. The van der Waals surface area contributed by atoms with Crippen molar-refractivity contribution in [1.29, 1.82) is 0 Å². The van der Waals surface area contributed by atoms with Crippen molar-refractivity contribution < 1.29 is 9.90 Å². The van der Waals surface area contributed by atoms with Gasteiger partial charge in [-0.2, -0.15) is 0 Å². The molecule has 0 saturated carbocycles. The molecule has 19 heavy (non-hydrogen) atoms.